The molecule has 4 nitrogen and oxygen atoms in total. The molecule has 104 valence electrons. The highest BCUT2D eigenvalue weighted by Gasteiger charge is 2.17. The number of ether oxygens (including phenoxy) is 1. The average Bonchev–Trinajstić information content (AvgIpc) is 2.35. The van der Waals surface area contributed by atoms with Crippen LogP contribution < -0.4 is 4.74 Å². The van der Waals surface area contributed by atoms with Crippen LogP contribution in [0.15, 0.2) is 40.9 Å². The van der Waals surface area contributed by atoms with Crippen molar-refractivity contribution in [2.75, 3.05) is 0 Å². The van der Waals surface area contributed by atoms with Crippen LogP contribution in [0.5, 0.6) is 5.75 Å². The Morgan fingerprint density at radius 2 is 2.10 bits per heavy atom. The van der Waals surface area contributed by atoms with E-state index in [2.05, 4.69) is 15.9 Å². The maximum atomic E-state index is 13.2. The Kier molecular flexibility index (Phi) is 4.34. The van der Waals surface area contributed by atoms with Crippen LogP contribution in [0.4, 0.5) is 10.1 Å². The topological polar surface area (TPSA) is 52.4 Å². The number of hydrogen-bond donors (Lipinski definition) is 0. The Balaban J connectivity index is 2.25. The standard InChI is InChI=1S/C14H11BrFNO3/c1-9-3-2-4-13(17(18)19)14(9)20-8-10-5-11(15)7-12(16)6-10/h2-7H,8H2,1H3. The Hall–Kier alpha value is -1.95. The second kappa shape index (κ2) is 6.00. The summed E-state index contributed by atoms with van der Waals surface area (Å²) >= 11 is 3.19. The SMILES string of the molecule is Cc1cccc([N+](=O)[O-])c1OCc1cc(F)cc(Br)c1. The highest BCUT2D eigenvalue weighted by atomic mass is 79.9. The number of nitro groups is 1. The molecule has 0 unspecified atom stereocenters. The van der Waals surface area contributed by atoms with Crippen LogP contribution in [0.1, 0.15) is 11.1 Å². The first-order valence-electron chi connectivity index (χ1n) is 5.79. The zero-order valence-electron chi connectivity index (χ0n) is 10.6. The zero-order chi connectivity index (χ0) is 14.7. The first-order chi connectivity index (χ1) is 9.47. The Morgan fingerprint density at radius 3 is 2.75 bits per heavy atom. The van der Waals surface area contributed by atoms with E-state index in [1.807, 2.05) is 0 Å². The summed E-state index contributed by atoms with van der Waals surface area (Å²) in [5.74, 6) is -0.185. The molecule has 0 aliphatic heterocycles. The number of rotatable bonds is 4. The van der Waals surface area contributed by atoms with E-state index in [0.717, 1.165) is 0 Å². The number of halogens is 2. The summed E-state index contributed by atoms with van der Waals surface area (Å²) in [5, 5.41) is 11.0. The molecule has 2 aromatic rings. The summed E-state index contributed by atoms with van der Waals surface area (Å²) in [4.78, 5) is 10.5. The fourth-order valence-corrected chi connectivity index (χ4v) is 2.33. The van der Waals surface area contributed by atoms with Gasteiger partial charge in [-0.1, -0.05) is 28.1 Å². The van der Waals surface area contributed by atoms with E-state index in [-0.39, 0.29) is 18.0 Å². The Bertz CT molecular complexity index is 641. The quantitative estimate of drug-likeness (QED) is 0.613. The molecule has 0 bridgehead atoms. The third kappa shape index (κ3) is 3.33. The van der Waals surface area contributed by atoms with Crippen LogP contribution in [-0.2, 0) is 6.61 Å². The van der Waals surface area contributed by atoms with E-state index in [4.69, 9.17) is 4.74 Å². The van der Waals surface area contributed by atoms with Crippen molar-refractivity contribution in [2.24, 2.45) is 0 Å². The number of aryl methyl sites for hydroxylation is 1. The van der Waals surface area contributed by atoms with E-state index in [9.17, 15) is 14.5 Å². The van der Waals surface area contributed by atoms with Crippen LogP contribution in [0.2, 0.25) is 0 Å². The molecule has 0 radical (unpaired) electrons. The van der Waals surface area contributed by atoms with Gasteiger partial charge in [0.05, 0.1) is 4.92 Å². The van der Waals surface area contributed by atoms with Gasteiger partial charge in [0, 0.05) is 10.5 Å². The molecule has 0 atom stereocenters. The maximum Gasteiger partial charge on any atom is 0.311 e. The van der Waals surface area contributed by atoms with Crippen molar-refractivity contribution in [1.29, 1.82) is 0 Å². The Morgan fingerprint density at radius 1 is 1.35 bits per heavy atom. The van der Waals surface area contributed by atoms with Gasteiger partial charge in [-0.25, -0.2) is 4.39 Å². The van der Waals surface area contributed by atoms with Gasteiger partial charge in [0.15, 0.2) is 5.75 Å². The summed E-state index contributed by atoms with van der Waals surface area (Å²) in [6, 6.07) is 9.06. The molecule has 0 amide bonds. The van der Waals surface area contributed by atoms with Crippen molar-refractivity contribution < 1.29 is 14.1 Å². The largest absolute Gasteiger partial charge is 0.482 e. The minimum atomic E-state index is -0.496. The molecule has 0 saturated carbocycles. The van der Waals surface area contributed by atoms with Crippen molar-refractivity contribution in [3.63, 3.8) is 0 Å². The molecule has 0 N–H and O–H groups in total. The van der Waals surface area contributed by atoms with Gasteiger partial charge in [0.1, 0.15) is 12.4 Å². The van der Waals surface area contributed by atoms with Gasteiger partial charge in [-0.2, -0.15) is 0 Å². The molecule has 0 aliphatic rings. The molecule has 20 heavy (non-hydrogen) atoms. The van der Waals surface area contributed by atoms with Gasteiger partial charge in [-0.15, -0.1) is 0 Å². The first kappa shape index (κ1) is 14.5. The van der Waals surface area contributed by atoms with Crippen LogP contribution in [-0.4, -0.2) is 4.92 Å². The fourth-order valence-electron chi connectivity index (χ4n) is 1.82. The van der Waals surface area contributed by atoms with Crippen molar-refractivity contribution in [1.82, 2.24) is 0 Å². The van der Waals surface area contributed by atoms with Gasteiger partial charge >= 0.3 is 5.69 Å². The van der Waals surface area contributed by atoms with E-state index < -0.39 is 10.7 Å². The third-order valence-electron chi connectivity index (χ3n) is 2.69. The minimum absolute atomic E-state index is 0.0576. The van der Waals surface area contributed by atoms with Crippen LogP contribution in [0, 0.1) is 22.9 Å². The van der Waals surface area contributed by atoms with E-state index in [1.165, 1.54) is 18.2 Å². The van der Waals surface area contributed by atoms with Crippen molar-refractivity contribution in [2.45, 2.75) is 13.5 Å². The number of nitrogens with zero attached hydrogens (tertiary/aromatic N) is 1. The zero-order valence-corrected chi connectivity index (χ0v) is 12.2. The van der Waals surface area contributed by atoms with Crippen molar-refractivity contribution in [3.05, 3.63) is 67.9 Å². The van der Waals surface area contributed by atoms with E-state index in [1.54, 1.807) is 25.1 Å². The monoisotopic (exact) mass is 339 g/mol. The lowest BCUT2D eigenvalue weighted by Gasteiger charge is -2.09. The van der Waals surface area contributed by atoms with Gasteiger partial charge < -0.3 is 4.74 Å². The van der Waals surface area contributed by atoms with Gasteiger partial charge in [0.2, 0.25) is 0 Å². The fraction of sp³-hybridized carbons (Fsp3) is 0.143. The molecule has 2 aromatic carbocycles. The lowest BCUT2D eigenvalue weighted by molar-refractivity contribution is -0.386. The predicted molar refractivity (Wildman–Crippen MR) is 76.3 cm³/mol. The molecule has 0 heterocycles. The van der Waals surface area contributed by atoms with Gasteiger partial charge in [0.25, 0.3) is 0 Å². The van der Waals surface area contributed by atoms with Crippen LogP contribution in [0.3, 0.4) is 0 Å². The molecule has 0 spiro atoms. The summed E-state index contributed by atoms with van der Waals surface area (Å²) < 4.78 is 19.3. The van der Waals surface area contributed by atoms with Crippen LogP contribution >= 0.6 is 15.9 Å². The number of hydrogen-bond acceptors (Lipinski definition) is 3. The second-order valence-corrected chi connectivity index (χ2v) is 5.16. The molecular weight excluding hydrogens is 329 g/mol. The van der Waals surface area contributed by atoms with E-state index in [0.29, 0.717) is 15.6 Å². The number of nitro benzene ring substituents is 1. The predicted octanol–water partition coefficient (Wildman–Crippen LogP) is 4.38. The maximum absolute atomic E-state index is 13.2. The lowest BCUT2D eigenvalue weighted by atomic mass is 10.2. The smallest absolute Gasteiger partial charge is 0.311 e. The van der Waals surface area contributed by atoms with Gasteiger partial charge in [-0.05, 0) is 36.2 Å². The highest BCUT2D eigenvalue weighted by molar-refractivity contribution is 9.10. The molecule has 0 aromatic heterocycles. The summed E-state index contributed by atoms with van der Waals surface area (Å²) in [6.45, 7) is 1.78. The molecular formula is C14H11BrFNO3. The Labute approximate surface area is 123 Å². The van der Waals surface area contributed by atoms with Crippen LogP contribution in [0.25, 0.3) is 0 Å². The number of para-hydroxylation sites is 1. The van der Waals surface area contributed by atoms with Crippen molar-refractivity contribution in [3.8, 4) is 5.75 Å². The highest BCUT2D eigenvalue weighted by Crippen LogP contribution is 2.31. The van der Waals surface area contributed by atoms with Crippen molar-refractivity contribution >= 4 is 21.6 Å². The van der Waals surface area contributed by atoms with E-state index >= 15 is 0 Å². The molecule has 0 aliphatic carbocycles. The summed E-state index contributed by atoms with van der Waals surface area (Å²) in [6.07, 6.45) is 0. The molecule has 0 fully saturated rings. The minimum Gasteiger partial charge on any atom is -0.482 e. The molecule has 6 heteroatoms. The van der Waals surface area contributed by atoms with Gasteiger partial charge in [-0.3, -0.25) is 10.1 Å². The summed E-state index contributed by atoms with van der Waals surface area (Å²) in [7, 11) is 0. The second-order valence-electron chi connectivity index (χ2n) is 4.25. The average molecular weight is 340 g/mol. The number of benzene rings is 2. The lowest BCUT2D eigenvalue weighted by Crippen LogP contribution is -2.01. The summed E-state index contributed by atoms with van der Waals surface area (Å²) in [5.41, 5.74) is 1.16. The normalized spacial score (nSPS) is 10.3. The first-order valence-corrected chi connectivity index (χ1v) is 6.58. The molecule has 2 rings (SSSR count). The molecule has 0 saturated heterocycles. The third-order valence-corrected chi connectivity index (χ3v) is 3.15.